The molecule has 6 nitrogen and oxygen atoms in total. The molecule has 2 rings (SSSR count). The van der Waals surface area contributed by atoms with Gasteiger partial charge in [-0.15, -0.1) is 6.58 Å². The van der Waals surface area contributed by atoms with Crippen LogP contribution in [0.3, 0.4) is 0 Å². The monoisotopic (exact) mass is 248 g/mol. The van der Waals surface area contributed by atoms with Gasteiger partial charge in [-0.05, 0) is 11.5 Å². The van der Waals surface area contributed by atoms with Crippen LogP contribution in [0, 0.1) is 11.3 Å². The van der Waals surface area contributed by atoms with E-state index in [9.17, 15) is 9.59 Å². The van der Waals surface area contributed by atoms with Gasteiger partial charge >= 0.3 is 5.69 Å². The van der Waals surface area contributed by atoms with Gasteiger partial charge in [0, 0.05) is 13.6 Å². The van der Waals surface area contributed by atoms with Gasteiger partial charge in [-0.2, -0.15) is 9.64 Å². The summed E-state index contributed by atoms with van der Waals surface area (Å²) in [7, 11) is 1.52. The first-order valence-electron chi connectivity index (χ1n) is 4.72. The van der Waals surface area contributed by atoms with Gasteiger partial charge in [-0.3, -0.25) is 13.9 Å². The molecular weight excluding hydrogens is 240 g/mol. The molecule has 0 N–H and O–H groups in total. The maximum Gasteiger partial charge on any atom is 0.332 e. The number of nitriles is 1. The SMILES string of the molecule is C=CCn1c(=O)c2c(C#N)snc2n(C)c1=O. The number of allylic oxidation sites excluding steroid dienone is 1. The zero-order valence-corrected chi connectivity index (χ0v) is 9.82. The molecule has 0 saturated heterocycles. The van der Waals surface area contributed by atoms with Gasteiger partial charge in [-0.1, -0.05) is 6.08 Å². The van der Waals surface area contributed by atoms with Crippen LogP contribution in [0.1, 0.15) is 4.88 Å². The largest absolute Gasteiger partial charge is 0.332 e. The molecule has 2 heterocycles. The fraction of sp³-hybridized carbons (Fsp3) is 0.200. The van der Waals surface area contributed by atoms with Crippen LogP contribution in [0.15, 0.2) is 22.2 Å². The molecule has 2 aromatic rings. The van der Waals surface area contributed by atoms with Gasteiger partial charge in [0.1, 0.15) is 16.3 Å². The van der Waals surface area contributed by atoms with Crippen molar-refractivity contribution < 1.29 is 0 Å². The highest BCUT2D eigenvalue weighted by Crippen LogP contribution is 2.15. The quantitative estimate of drug-likeness (QED) is 0.712. The van der Waals surface area contributed by atoms with Crippen molar-refractivity contribution in [2.45, 2.75) is 6.54 Å². The normalized spacial score (nSPS) is 10.4. The molecule has 0 radical (unpaired) electrons. The van der Waals surface area contributed by atoms with Crippen LogP contribution in [-0.2, 0) is 13.6 Å². The Hall–Kier alpha value is -2.20. The maximum absolute atomic E-state index is 12.0. The first-order valence-corrected chi connectivity index (χ1v) is 5.49. The summed E-state index contributed by atoms with van der Waals surface area (Å²) in [6.45, 7) is 3.61. The van der Waals surface area contributed by atoms with Gasteiger partial charge < -0.3 is 0 Å². The predicted molar refractivity (Wildman–Crippen MR) is 64.0 cm³/mol. The third kappa shape index (κ3) is 1.50. The second kappa shape index (κ2) is 3.99. The third-order valence-electron chi connectivity index (χ3n) is 2.38. The molecule has 0 aliphatic rings. The van der Waals surface area contributed by atoms with Crippen molar-refractivity contribution in [1.82, 2.24) is 13.5 Å². The van der Waals surface area contributed by atoms with Crippen molar-refractivity contribution in [3.8, 4) is 6.07 Å². The Bertz CT molecular complexity index is 759. The topological polar surface area (TPSA) is 80.7 Å². The lowest BCUT2D eigenvalue weighted by Crippen LogP contribution is -2.38. The third-order valence-corrected chi connectivity index (χ3v) is 3.12. The van der Waals surface area contributed by atoms with E-state index in [-0.39, 0.29) is 22.5 Å². The zero-order valence-electron chi connectivity index (χ0n) is 9.01. The van der Waals surface area contributed by atoms with Crippen LogP contribution in [0.25, 0.3) is 11.0 Å². The summed E-state index contributed by atoms with van der Waals surface area (Å²) in [4.78, 5) is 24.1. The van der Waals surface area contributed by atoms with E-state index < -0.39 is 11.2 Å². The second-order valence-corrected chi connectivity index (χ2v) is 4.14. The molecule has 17 heavy (non-hydrogen) atoms. The van der Waals surface area contributed by atoms with Crippen molar-refractivity contribution in [2.24, 2.45) is 7.05 Å². The van der Waals surface area contributed by atoms with E-state index in [0.29, 0.717) is 0 Å². The minimum absolute atomic E-state index is 0.113. The molecule has 0 saturated carbocycles. The number of fused-ring (bicyclic) bond motifs is 1. The average molecular weight is 248 g/mol. The van der Waals surface area contributed by atoms with Gasteiger partial charge in [0.15, 0.2) is 5.65 Å². The molecule has 0 aliphatic heterocycles. The van der Waals surface area contributed by atoms with E-state index >= 15 is 0 Å². The molecule has 0 fully saturated rings. The fourth-order valence-corrected chi connectivity index (χ4v) is 2.27. The van der Waals surface area contributed by atoms with Gasteiger partial charge in [0.25, 0.3) is 5.56 Å². The lowest BCUT2D eigenvalue weighted by molar-refractivity contribution is 0.669. The standard InChI is InChI=1S/C10H8N4O2S/c1-3-4-14-9(15)7-6(5-11)17-12-8(7)13(2)10(14)16/h3H,1,4H2,2H3. The molecule has 86 valence electrons. The smallest absolute Gasteiger partial charge is 0.280 e. The minimum atomic E-state index is -0.492. The number of nitrogens with zero attached hydrogens (tertiary/aromatic N) is 4. The van der Waals surface area contributed by atoms with Crippen LogP contribution in [-0.4, -0.2) is 13.5 Å². The fourth-order valence-electron chi connectivity index (χ4n) is 1.56. The van der Waals surface area contributed by atoms with Crippen LogP contribution < -0.4 is 11.2 Å². The number of aromatic nitrogens is 3. The van der Waals surface area contributed by atoms with Crippen LogP contribution in [0.4, 0.5) is 0 Å². The van der Waals surface area contributed by atoms with Crippen molar-refractivity contribution >= 4 is 22.6 Å². The summed E-state index contributed by atoms with van der Waals surface area (Å²) in [5.41, 5.74) is -0.702. The molecule has 2 aromatic heterocycles. The van der Waals surface area contributed by atoms with Crippen molar-refractivity contribution in [3.63, 3.8) is 0 Å². The highest BCUT2D eigenvalue weighted by molar-refractivity contribution is 7.07. The van der Waals surface area contributed by atoms with Crippen molar-refractivity contribution in [2.75, 3.05) is 0 Å². The maximum atomic E-state index is 12.0. The van der Waals surface area contributed by atoms with Crippen LogP contribution in [0.5, 0.6) is 0 Å². The molecule has 0 spiro atoms. The van der Waals surface area contributed by atoms with E-state index in [4.69, 9.17) is 5.26 Å². The molecule has 0 atom stereocenters. The summed E-state index contributed by atoms with van der Waals surface area (Å²) < 4.78 is 6.25. The van der Waals surface area contributed by atoms with Crippen LogP contribution in [0.2, 0.25) is 0 Å². The lowest BCUT2D eigenvalue weighted by Gasteiger charge is -2.04. The van der Waals surface area contributed by atoms with E-state index in [0.717, 1.165) is 16.1 Å². The molecule has 0 bridgehead atoms. The summed E-state index contributed by atoms with van der Waals surface area (Å²) in [5, 5.41) is 9.09. The number of aryl methyl sites for hydroxylation is 1. The van der Waals surface area contributed by atoms with Gasteiger partial charge in [0.2, 0.25) is 0 Å². The Morgan fingerprint density at radius 2 is 2.29 bits per heavy atom. The molecule has 0 amide bonds. The summed E-state index contributed by atoms with van der Waals surface area (Å²) >= 11 is 0.917. The van der Waals surface area contributed by atoms with E-state index in [1.165, 1.54) is 17.7 Å². The number of rotatable bonds is 2. The Morgan fingerprint density at radius 3 is 2.88 bits per heavy atom. The predicted octanol–water partition coefficient (Wildman–Crippen LogP) is 0.214. The highest BCUT2D eigenvalue weighted by Gasteiger charge is 2.16. The van der Waals surface area contributed by atoms with Gasteiger partial charge in [0.05, 0.1) is 0 Å². The average Bonchev–Trinajstić information content (AvgIpc) is 2.75. The van der Waals surface area contributed by atoms with Gasteiger partial charge in [-0.25, -0.2) is 4.79 Å². The van der Waals surface area contributed by atoms with E-state index in [2.05, 4.69) is 11.0 Å². The Kier molecular flexibility index (Phi) is 2.65. The molecule has 7 heteroatoms. The summed E-state index contributed by atoms with van der Waals surface area (Å²) in [5.74, 6) is 0. The lowest BCUT2D eigenvalue weighted by atomic mass is 10.3. The second-order valence-electron chi connectivity index (χ2n) is 3.37. The van der Waals surface area contributed by atoms with Crippen molar-refractivity contribution in [3.05, 3.63) is 38.4 Å². The minimum Gasteiger partial charge on any atom is -0.280 e. The Labute approximate surface area is 99.8 Å². The van der Waals surface area contributed by atoms with Crippen molar-refractivity contribution in [1.29, 1.82) is 5.26 Å². The first-order chi connectivity index (χ1) is 8.11. The number of hydrogen-bond donors (Lipinski definition) is 0. The molecule has 0 aromatic carbocycles. The molecule has 0 unspecified atom stereocenters. The molecular formula is C10H8N4O2S. The zero-order chi connectivity index (χ0) is 12.6. The van der Waals surface area contributed by atoms with E-state index in [1.807, 2.05) is 6.07 Å². The molecule has 0 aliphatic carbocycles. The van der Waals surface area contributed by atoms with Crippen LogP contribution >= 0.6 is 11.5 Å². The number of hydrogen-bond acceptors (Lipinski definition) is 5. The summed E-state index contributed by atoms with van der Waals surface area (Å²) in [6, 6.07) is 1.91. The first kappa shape index (κ1) is 11.3. The summed E-state index contributed by atoms with van der Waals surface area (Å²) in [6.07, 6.45) is 1.46. The van der Waals surface area contributed by atoms with E-state index in [1.54, 1.807) is 0 Å². The highest BCUT2D eigenvalue weighted by atomic mass is 32.1. The Balaban J connectivity index is 3.05. The Morgan fingerprint density at radius 1 is 1.59 bits per heavy atom.